The van der Waals surface area contributed by atoms with Gasteiger partial charge in [0, 0.05) is 38.4 Å². The van der Waals surface area contributed by atoms with E-state index in [0.717, 1.165) is 33.4 Å². The van der Waals surface area contributed by atoms with Gasteiger partial charge in [0.2, 0.25) is 23.6 Å². The maximum atomic E-state index is 13.8. The first kappa shape index (κ1) is 101. The molecule has 7 rings (SSSR count). The van der Waals surface area contributed by atoms with Crippen molar-refractivity contribution < 1.29 is 90.8 Å². The summed E-state index contributed by atoms with van der Waals surface area (Å²) in [7, 11) is 2.91. The molecule has 0 aliphatic rings. The Bertz CT molecular complexity index is 4500. The van der Waals surface area contributed by atoms with Gasteiger partial charge in [0.15, 0.2) is 11.5 Å². The molecule has 0 saturated carbocycles. The lowest BCUT2D eigenvalue weighted by atomic mass is 10.0. The Morgan fingerprint density at radius 3 is 1.09 bits per heavy atom. The van der Waals surface area contributed by atoms with Crippen molar-refractivity contribution in [3.8, 4) is 11.5 Å². The number of amides is 10. The third-order valence-electron chi connectivity index (χ3n) is 17.0. The SMILES string of the molecule is CC(C)(C)OC(=O)N[C@@H](Cc1ccccc1)C(=O)N[C@@H](COCc1ccccc1)C(=O)NN.CC(C)=NNC(=O)[C@H](COCc1ccccc1)NC(=O)[C@H](Cc1ccccc1)NC(=O)OC(C)(C)C.CNC(=O)CCCOc1cc([N+](=O)[O-])c(C(C)NNC(=O)[C@H](COCc2ccccc2)NC(=O)[C@H](Cc2ccccc2)NC(=O)OC(C)(C)C)cc1OC. The fraction of sp³-hybridized carbons (Fsp3) is 0.404. The van der Waals surface area contributed by atoms with E-state index in [1.165, 1.54) is 26.3 Å². The van der Waals surface area contributed by atoms with Crippen LogP contribution in [-0.4, -0.2) is 164 Å². The number of hydrogen-bond donors (Lipinski definition) is 12. The van der Waals surface area contributed by atoms with Crippen molar-refractivity contribution in [2.24, 2.45) is 10.9 Å². The van der Waals surface area contributed by atoms with Gasteiger partial charge in [0.05, 0.1) is 76.0 Å². The van der Waals surface area contributed by atoms with E-state index in [4.69, 9.17) is 43.7 Å². The zero-order chi connectivity index (χ0) is 90.5. The van der Waals surface area contributed by atoms with Crippen LogP contribution in [0.15, 0.2) is 199 Å². The van der Waals surface area contributed by atoms with Crippen molar-refractivity contribution in [1.82, 2.24) is 58.9 Å². The number of nitrogens with zero attached hydrogens (tertiary/aromatic N) is 2. The second-order valence-electron chi connectivity index (χ2n) is 31.2. The van der Waals surface area contributed by atoms with Crippen LogP contribution in [0.25, 0.3) is 0 Å². The van der Waals surface area contributed by atoms with E-state index in [9.17, 15) is 58.1 Å². The van der Waals surface area contributed by atoms with Gasteiger partial charge in [-0.05, 0) is 129 Å². The first-order valence-electron chi connectivity index (χ1n) is 39.8. The first-order chi connectivity index (χ1) is 58.4. The molecular weight excluding hydrogens is 1590 g/mol. The number of nitrogens with one attached hydrogen (secondary N) is 11. The molecule has 1 unspecified atom stereocenters. The topological polar surface area (TPSA) is 458 Å². The maximum absolute atomic E-state index is 13.8. The molecule has 0 bridgehead atoms. The zero-order valence-corrected chi connectivity index (χ0v) is 72.1. The molecule has 7 aromatic carbocycles. The number of nitro groups is 1. The van der Waals surface area contributed by atoms with Gasteiger partial charge in [-0.1, -0.05) is 182 Å². The molecule has 0 aliphatic carbocycles. The Morgan fingerprint density at radius 1 is 0.447 bits per heavy atom. The van der Waals surface area contributed by atoms with Gasteiger partial charge in [0.1, 0.15) is 53.1 Å². The number of hydrazine groups is 2. The molecule has 7 atom stereocenters. The Labute approximate surface area is 717 Å². The number of methoxy groups -OCH3 is 1. The van der Waals surface area contributed by atoms with Crippen molar-refractivity contribution >= 4 is 71.0 Å². The molecule has 0 saturated heterocycles. The monoisotopic (exact) mass is 1700 g/mol. The van der Waals surface area contributed by atoms with E-state index >= 15 is 0 Å². The van der Waals surface area contributed by atoms with Gasteiger partial charge < -0.3 is 75.1 Å². The van der Waals surface area contributed by atoms with E-state index in [1.807, 2.05) is 163 Å². The van der Waals surface area contributed by atoms with E-state index in [2.05, 4.69) is 58.6 Å². The molecule has 0 aromatic heterocycles. The van der Waals surface area contributed by atoms with Crippen LogP contribution < -0.4 is 74.2 Å². The summed E-state index contributed by atoms with van der Waals surface area (Å²) in [6, 6.07) is 50.9. The minimum absolute atomic E-state index is 0.0881. The van der Waals surface area contributed by atoms with Crippen molar-refractivity contribution in [2.75, 3.05) is 40.6 Å². The largest absolute Gasteiger partial charge is 0.493 e. The van der Waals surface area contributed by atoms with E-state index in [1.54, 1.807) is 107 Å². The molecule has 34 heteroatoms. The molecule has 0 aliphatic heterocycles. The predicted octanol–water partition coefficient (Wildman–Crippen LogP) is 9.18. The van der Waals surface area contributed by atoms with Gasteiger partial charge >= 0.3 is 18.3 Å². The summed E-state index contributed by atoms with van der Waals surface area (Å²) in [6.45, 7) is 20.9. The van der Waals surface area contributed by atoms with Gasteiger partial charge in [0.25, 0.3) is 23.4 Å². The van der Waals surface area contributed by atoms with Crippen molar-refractivity contribution in [2.45, 2.75) is 194 Å². The van der Waals surface area contributed by atoms with Crippen LogP contribution in [0.4, 0.5) is 20.1 Å². The quantitative estimate of drug-likeness (QED) is 0.00323. The van der Waals surface area contributed by atoms with Crippen LogP contribution in [0.5, 0.6) is 11.5 Å². The highest BCUT2D eigenvalue weighted by Gasteiger charge is 2.34. The standard InChI is InChI=1S/C38H50N6O10.C27H36N4O5.C24H32N4O5/c1-25(28-21-32(51-6)33(22-31(28)44(49)50)53-19-13-18-34(45)39-5)42-43-36(47)30(24-52-23-27-16-11-8-12-17-27)40-35(46)29(20-26-14-9-7-10-15-26)41-37(48)54-38(2,3)4;1-19(2)30-31-25(33)23(18-35-17-21-14-10-7-11-15-21)28-24(32)22(16-20-12-8-6-9-13-20)29-26(34)36-27(3,4)5;1-24(2,3)33-23(31)27-19(14-17-10-6-4-7-11-17)21(29)26-20(22(30)28-25)16-32-15-18-12-8-5-9-13-18/h7-12,14-17,21-22,25,29-30,42H,13,18-20,23-24H2,1-6H3,(H,39,45)(H,40,46)(H,41,48)(H,43,47);6-15,22-23H,16-18H2,1-5H3,(H,28,32)(H,29,34)(H,31,33);4-13,19-20H,14-16,25H2,1-3H3,(H,26,29)(H,27,31)(H,28,30)/t25?,29-,30-;22-,23-;19-,20-/m000/s1. The fourth-order valence-corrected chi connectivity index (χ4v) is 11.1. The number of hydrazone groups is 1. The van der Waals surface area contributed by atoms with Crippen molar-refractivity contribution in [3.63, 3.8) is 0 Å². The second-order valence-corrected chi connectivity index (χ2v) is 31.2. The predicted molar refractivity (Wildman–Crippen MR) is 461 cm³/mol. The van der Waals surface area contributed by atoms with E-state index in [-0.39, 0.29) is 101 Å². The van der Waals surface area contributed by atoms with E-state index < -0.39 is 118 Å². The summed E-state index contributed by atoms with van der Waals surface area (Å²) >= 11 is 0. The molecule has 123 heavy (non-hydrogen) atoms. The Morgan fingerprint density at radius 2 is 0.780 bits per heavy atom. The molecule has 664 valence electrons. The smallest absolute Gasteiger partial charge is 0.408 e. The molecule has 7 aromatic rings. The highest BCUT2D eigenvalue weighted by Crippen LogP contribution is 2.38. The van der Waals surface area contributed by atoms with Gasteiger partial charge in [-0.25, -0.2) is 31.1 Å². The van der Waals surface area contributed by atoms with E-state index in [0.29, 0.717) is 12.1 Å². The number of nitrogens with two attached hydrogens (primary N) is 1. The van der Waals surface area contributed by atoms with Crippen LogP contribution in [0.1, 0.15) is 141 Å². The highest BCUT2D eigenvalue weighted by atomic mass is 16.6. The Balaban J connectivity index is 0.000000342. The number of rotatable bonds is 41. The van der Waals surface area contributed by atoms with Crippen LogP contribution in [0, 0.1) is 10.1 Å². The molecule has 0 spiro atoms. The Kier molecular flexibility index (Phi) is 42.8. The molecule has 10 amide bonds. The summed E-state index contributed by atoms with van der Waals surface area (Å²) in [6.07, 6.45) is -1.19. The second kappa shape index (κ2) is 52.3. The molecule has 0 heterocycles. The van der Waals surface area contributed by atoms with Crippen LogP contribution in [-0.2, 0) is 101 Å². The number of ether oxygens (including phenoxy) is 8. The van der Waals surface area contributed by atoms with Gasteiger partial charge in [-0.3, -0.25) is 54.5 Å². The minimum atomic E-state index is -1.27. The van der Waals surface area contributed by atoms with Crippen molar-refractivity contribution in [1.29, 1.82) is 0 Å². The van der Waals surface area contributed by atoms with Crippen molar-refractivity contribution in [3.05, 3.63) is 243 Å². The normalized spacial score (nSPS) is 12.7. The Hall–Kier alpha value is -12.9. The highest BCUT2D eigenvalue weighted by molar-refractivity contribution is 5.94. The van der Waals surface area contributed by atoms with Crippen LogP contribution >= 0.6 is 0 Å². The molecular formula is C89H118N14O20. The minimum Gasteiger partial charge on any atom is -0.493 e. The maximum Gasteiger partial charge on any atom is 0.408 e. The average Bonchev–Trinajstić information content (AvgIpc) is 0.806. The fourth-order valence-electron chi connectivity index (χ4n) is 11.1. The van der Waals surface area contributed by atoms with Crippen LogP contribution in [0.2, 0.25) is 0 Å². The third kappa shape index (κ3) is 40.8. The lowest BCUT2D eigenvalue weighted by molar-refractivity contribution is -0.385. The number of carbonyl (C=O) groups excluding carboxylic acids is 10. The summed E-state index contributed by atoms with van der Waals surface area (Å²) < 4.78 is 44.3. The summed E-state index contributed by atoms with van der Waals surface area (Å²) in [4.78, 5) is 139. The average molecular weight is 1700 g/mol. The zero-order valence-electron chi connectivity index (χ0n) is 72.1. The number of benzene rings is 7. The number of nitro benzene ring substituents is 1. The summed E-state index contributed by atoms with van der Waals surface area (Å²) in [5, 5.41) is 34.4. The molecule has 0 fully saturated rings. The molecule has 34 nitrogen and oxygen atoms in total. The number of alkyl carbamates (subject to hydrolysis) is 3. The number of carbonyl (C=O) groups is 10. The molecule has 0 radical (unpaired) electrons. The first-order valence-corrected chi connectivity index (χ1v) is 39.8. The third-order valence-corrected chi connectivity index (χ3v) is 17.0. The number of hydrogen-bond acceptors (Lipinski definition) is 23. The lowest BCUT2D eigenvalue weighted by Gasteiger charge is -2.26. The van der Waals surface area contributed by atoms with Gasteiger partial charge in [-0.2, -0.15) is 5.10 Å². The summed E-state index contributed by atoms with van der Waals surface area (Å²) in [5.74, 6) is 1.78. The summed E-state index contributed by atoms with van der Waals surface area (Å²) in [5.41, 5.74) is 13.1. The van der Waals surface area contributed by atoms with Gasteiger partial charge in [-0.15, -0.1) is 0 Å². The molecule has 13 N–H and O–H groups in total. The lowest BCUT2D eigenvalue weighted by Crippen LogP contribution is -2.57. The van der Waals surface area contributed by atoms with Crippen LogP contribution in [0.3, 0.4) is 0 Å².